The standard InChI is InChI=1S/C31H22N2/c1-32-27-18-10-8-16-23(27)25-20-26-24-17-9-11-19-28(24)33(22-14-6-3-7-15-22)31(26)29(30(25)32)21-12-4-2-5-13-21/h2-20H,1H3. The highest BCUT2D eigenvalue weighted by Gasteiger charge is 2.22. The molecule has 0 aliphatic heterocycles. The summed E-state index contributed by atoms with van der Waals surface area (Å²) in [7, 11) is 2.19. The van der Waals surface area contributed by atoms with Gasteiger partial charge in [0.25, 0.3) is 0 Å². The predicted octanol–water partition coefficient (Wildman–Crippen LogP) is 8.10. The van der Waals surface area contributed by atoms with E-state index in [0.29, 0.717) is 0 Å². The number of nitrogens with zero attached hydrogens (tertiary/aromatic N) is 2. The molecule has 7 aromatic rings. The van der Waals surface area contributed by atoms with Gasteiger partial charge in [0.1, 0.15) is 0 Å². The van der Waals surface area contributed by atoms with E-state index >= 15 is 0 Å². The Balaban J connectivity index is 1.83. The number of fused-ring (bicyclic) bond motifs is 6. The fraction of sp³-hybridized carbons (Fsp3) is 0.0323. The largest absolute Gasteiger partial charge is 0.343 e. The summed E-state index contributed by atoms with van der Waals surface area (Å²) in [5, 5.41) is 5.17. The molecule has 0 aliphatic rings. The molecule has 0 saturated heterocycles. The average molecular weight is 423 g/mol. The molecule has 0 aliphatic carbocycles. The molecule has 0 fully saturated rings. The van der Waals surface area contributed by atoms with Crippen molar-refractivity contribution in [3.05, 3.63) is 115 Å². The first kappa shape index (κ1) is 18.3. The SMILES string of the molecule is Cn1c2ccccc2c2cc3c4ccccc4n(-c4ccccc4)c3c(-c3ccccc3)c21. The number of aryl methyl sites for hydroxylation is 1. The van der Waals surface area contributed by atoms with Crippen LogP contribution in [0, 0.1) is 0 Å². The number of aromatic nitrogens is 2. The van der Waals surface area contributed by atoms with Gasteiger partial charge < -0.3 is 9.13 Å². The van der Waals surface area contributed by atoms with Crippen molar-refractivity contribution in [1.29, 1.82) is 0 Å². The third kappa shape index (κ3) is 2.49. The van der Waals surface area contributed by atoms with Gasteiger partial charge in [-0.05, 0) is 35.9 Å². The molecule has 0 radical (unpaired) electrons. The van der Waals surface area contributed by atoms with Gasteiger partial charge in [0.05, 0.1) is 16.6 Å². The molecule has 33 heavy (non-hydrogen) atoms. The average Bonchev–Trinajstić information content (AvgIpc) is 3.36. The van der Waals surface area contributed by atoms with Gasteiger partial charge in [0, 0.05) is 45.4 Å². The Labute approximate surface area is 191 Å². The zero-order valence-electron chi connectivity index (χ0n) is 18.4. The summed E-state index contributed by atoms with van der Waals surface area (Å²) >= 11 is 0. The summed E-state index contributed by atoms with van der Waals surface area (Å²) < 4.78 is 4.80. The Morgan fingerprint density at radius 1 is 0.485 bits per heavy atom. The fourth-order valence-corrected chi connectivity index (χ4v) is 5.51. The summed E-state index contributed by atoms with van der Waals surface area (Å²) in [4.78, 5) is 0. The van der Waals surface area contributed by atoms with Crippen molar-refractivity contribution < 1.29 is 0 Å². The molecule has 0 saturated carbocycles. The predicted molar refractivity (Wildman–Crippen MR) is 140 cm³/mol. The highest BCUT2D eigenvalue weighted by molar-refractivity contribution is 6.25. The van der Waals surface area contributed by atoms with Gasteiger partial charge in [-0.25, -0.2) is 0 Å². The Bertz CT molecular complexity index is 1800. The van der Waals surface area contributed by atoms with Gasteiger partial charge in [-0.1, -0.05) is 84.9 Å². The number of hydrogen-bond donors (Lipinski definition) is 0. The van der Waals surface area contributed by atoms with Crippen LogP contribution in [0.1, 0.15) is 0 Å². The minimum absolute atomic E-state index is 1.18. The third-order valence-corrected chi connectivity index (χ3v) is 6.90. The van der Waals surface area contributed by atoms with E-state index in [0.717, 1.165) is 0 Å². The topological polar surface area (TPSA) is 9.86 Å². The first-order valence-corrected chi connectivity index (χ1v) is 11.4. The summed E-state index contributed by atoms with van der Waals surface area (Å²) in [6.07, 6.45) is 0. The highest BCUT2D eigenvalue weighted by atomic mass is 15.0. The van der Waals surface area contributed by atoms with Crippen molar-refractivity contribution in [3.8, 4) is 16.8 Å². The second kappa shape index (κ2) is 6.85. The molecule has 7 rings (SSSR count). The number of benzene rings is 5. The first-order chi connectivity index (χ1) is 16.3. The van der Waals surface area contributed by atoms with Crippen LogP contribution in [0.2, 0.25) is 0 Å². The maximum absolute atomic E-state index is 2.43. The summed E-state index contributed by atoms with van der Waals surface area (Å²) in [5.41, 5.74) is 8.71. The summed E-state index contributed by atoms with van der Waals surface area (Å²) in [6.45, 7) is 0. The second-order valence-electron chi connectivity index (χ2n) is 8.67. The molecule has 0 atom stereocenters. The molecule has 2 heteroatoms. The van der Waals surface area contributed by atoms with E-state index in [1.54, 1.807) is 0 Å². The molecule has 0 spiro atoms. The van der Waals surface area contributed by atoms with Crippen molar-refractivity contribution in [2.75, 3.05) is 0 Å². The van der Waals surface area contributed by atoms with Crippen LogP contribution in [-0.2, 0) is 7.05 Å². The lowest BCUT2D eigenvalue weighted by Gasteiger charge is -2.14. The van der Waals surface area contributed by atoms with Crippen LogP contribution in [0.3, 0.4) is 0 Å². The van der Waals surface area contributed by atoms with Gasteiger partial charge >= 0.3 is 0 Å². The molecule has 2 nitrogen and oxygen atoms in total. The molecule has 0 amide bonds. The molecule has 0 unspecified atom stereocenters. The van der Waals surface area contributed by atoms with E-state index in [-0.39, 0.29) is 0 Å². The molecular formula is C31H22N2. The Hall–Kier alpha value is -4.30. The van der Waals surface area contributed by atoms with E-state index in [1.807, 2.05) is 0 Å². The smallest absolute Gasteiger partial charge is 0.0640 e. The van der Waals surface area contributed by atoms with Crippen LogP contribution in [0.15, 0.2) is 115 Å². The van der Waals surface area contributed by atoms with Crippen molar-refractivity contribution in [2.45, 2.75) is 0 Å². The number of hydrogen-bond acceptors (Lipinski definition) is 0. The van der Waals surface area contributed by atoms with Crippen molar-refractivity contribution in [2.24, 2.45) is 7.05 Å². The maximum Gasteiger partial charge on any atom is 0.0640 e. The molecule has 2 heterocycles. The molecular weight excluding hydrogens is 400 g/mol. The Morgan fingerprint density at radius 3 is 1.76 bits per heavy atom. The molecule has 156 valence electrons. The van der Waals surface area contributed by atoms with Crippen molar-refractivity contribution >= 4 is 43.6 Å². The number of para-hydroxylation sites is 3. The Kier molecular flexibility index (Phi) is 3.80. The minimum atomic E-state index is 1.18. The summed E-state index contributed by atoms with van der Waals surface area (Å²) in [6, 6.07) is 41.5. The van der Waals surface area contributed by atoms with E-state index in [4.69, 9.17) is 0 Å². The lowest BCUT2D eigenvalue weighted by Crippen LogP contribution is -1.97. The zero-order valence-corrected chi connectivity index (χ0v) is 18.4. The normalized spacial score (nSPS) is 11.8. The monoisotopic (exact) mass is 422 g/mol. The van der Waals surface area contributed by atoms with Gasteiger partial charge in [-0.2, -0.15) is 0 Å². The molecule has 5 aromatic carbocycles. The van der Waals surface area contributed by atoms with Crippen LogP contribution in [0.5, 0.6) is 0 Å². The van der Waals surface area contributed by atoms with E-state index in [9.17, 15) is 0 Å². The third-order valence-electron chi connectivity index (χ3n) is 6.90. The lowest BCUT2D eigenvalue weighted by molar-refractivity contribution is 1.01. The highest BCUT2D eigenvalue weighted by Crippen LogP contribution is 2.44. The van der Waals surface area contributed by atoms with Crippen LogP contribution in [0.4, 0.5) is 0 Å². The maximum atomic E-state index is 2.43. The molecule has 0 bridgehead atoms. The van der Waals surface area contributed by atoms with Gasteiger partial charge in [0.2, 0.25) is 0 Å². The van der Waals surface area contributed by atoms with Gasteiger partial charge in [-0.3, -0.25) is 0 Å². The van der Waals surface area contributed by atoms with Crippen LogP contribution in [0.25, 0.3) is 60.4 Å². The number of rotatable bonds is 2. The van der Waals surface area contributed by atoms with Crippen LogP contribution in [-0.4, -0.2) is 9.13 Å². The van der Waals surface area contributed by atoms with Crippen molar-refractivity contribution in [1.82, 2.24) is 9.13 Å². The molecule has 2 aromatic heterocycles. The van der Waals surface area contributed by atoms with Crippen LogP contribution < -0.4 is 0 Å². The van der Waals surface area contributed by atoms with Gasteiger partial charge in [0.15, 0.2) is 0 Å². The van der Waals surface area contributed by atoms with Crippen LogP contribution >= 0.6 is 0 Å². The van der Waals surface area contributed by atoms with E-state index in [1.165, 1.54) is 60.4 Å². The van der Waals surface area contributed by atoms with Gasteiger partial charge in [-0.15, -0.1) is 0 Å². The second-order valence-corrected chi connectivity index (χ2v) is 8.67. The van der Waals surface area contributed by atoms with E-state index in [2.05, 4.69) is 131 Å². The first-order valence-electron chi connectivity index (χ1n) is 11.4. The quantitative estimate of drug-likeness (QED) is 0.266. The lowest BCUT2D eigenvalue weighted by atomic mass is 9.98. The van der Waals surface area contributed by atoms with E-state index < -0.39 is 0 Å². The molecule has 0 N–H and O–H groups in total. The Morgan fingerprint density at radius 2 is 1.03 bits per heavy atom. The minimum Gasteiger partial charge on any atom is -0.343 e. The fourth-order valence-electron chi connectivity index (χ4n) is 5.51. The summed E-state index contributed by atoms with van der Waals surface area (Å²) in [5.74, 6) is 0. The zero-order chi connectivity index (χ0) is 21.9. The van der Waals surface area contributed by atoms with Crippen molar-refractivity contribution in [3.63, 3.8) is 0 Å².